The molecule has 182 valence electrons. The number of aromatic nitrogens is 1. The molecular weight excluding hydrogens is 446 g/mol. The van der Waals surface area contributed by atoms with Crippen LogP contribution in [0.4, 0.5) is 5.69 Å². The fourth-order valence-electron chi connectivity index (χ4n) is 4.53. The number of fused-ring (bicyclic) bond motifs is 1. The van der Waals surface area contributed by atoms with Gasteiger partial charge in [0, 0.05) is 48.0 Å². The molecule has 34 heavy (non-hydrogen) atoms. The van der Waals surface area contributed by atoms with Crippen molar-refractivity contribution in [2.45, 2.75) is 58.5 Å². The second-order valence-electron chi connectivity index (χ2n) is 8.98. The molecule has 0 bridgehead atoms. The van der Waals surface area contributed by atoms with Gasteiger partial charge in [-0.2, -0.15) is 0 Å². The lowest BCUT2D eigenvalue weighted by Gasteiger charge is -2.33. The molecule has 1 N–H and O–H groups in total. The average Bonchev–Trinajstić information content (AvgIpc) is 2.84. The van der Waals surface area contributed by atoms with Gasteiger partial charge in [-0.3, -0.25) is 9.88 Å². The van der Waals surface area contributed by atoms with E-state index >= 15 is 0 Å². The predicted molar refractivity (Wildman–Crippen MR) is 141 cm³/mol. The lowest BCUT2D eigenvalue weighted by molar-refractivity contribution is 0.210. The second kappa shape index (κ2) is 12.3. The number of benzene rings is 2. The molecule has 0 saturated carbocycles. The van der Waals surface area contributed by atoms with E-state index in [0.717, 1.165) is 73.6 Å². The molecule has 5 nitrogen and oxygen atoms in total. The molecule has 1 aromatic heterocycles. The molecule has 3 aromatic rings. The summed E-state index contributed by atoms with van der Waals surface area (Å²) in [5.41, 5.74) is 3.33. The van der Waals surface area contributed by atoms with Gasteiger partial charge in [-0.15, -0.1) is 0 Å². The van der Waals surface area contributed by atoms with Crippen LogP contribution in [0.2, 0.25) is 5.02 Å². The molecule has 2 aromatic carbocycles. The molecule has 6 heteroatoms. The Labute approximate surface area is 208 Å². The summed E-state index contributed by atoms with van der Waals surface area (Å²) >= 11 is 6.13. The lowest BCUT2D eigenvalue weighted by Crippen LogP contribution is -2.38. The van der Waals surface area contributed by atoms with Crippen LogP contribution in [0.15, 0.2) is 48.7 Å². The number of hydrogen-bond donors (Lipinski definition) is 1. The first-order valence-corrected chi connectivity index (χ1v) is 13.0. The number of hydrogen-bond acceptors (Lipinski definition) is 5. The molecule has 0 unspecified atom stereocenters. The standard InChI is InChI=1S/C28H36ClN3O2/c1-3-5-6-17-34-27-10-7-21(18-28(27)33-4-2)20-32-15-12-23(13-16-32)31-25-11-14-30-26-19-22(29)8-9-24(25)26/h7-11,14,18-19,23H,3-6,12-13,15-17,20H2,1-2H3,(H,30,31). The van der Waals surface area contributed by atoms with Crippen molar-refractivity contribution >= 4 is 28.2 Å². The molecule has 1 aliphatic heterocycles. The van der Waals surface area contributed by atoms with Crippen molar-refractivity contribution in [2.24, 2.45) is 0 Å². The largest absolute Gasteiger partial charge is 0.490 e. The lowest BCUT2D eigenvalue weighted by atomic mass is 10.0. The zero-order valence-electron chi connectivity index (χ0n) is 20.4. The quantitative estimate of drug-likeness (QED) is 0.301. The van der Waals surface area contributed by atoms with Gasteiger partial charge in [0.1, 0.15) is 0 Å². The molecule has 0 aliphatic carbocycles. The van der Waals surface area contributed by atoms with Crippen LogP contribution in [0.25, 0.3) is 10.9 Å². The molecular formula is C28H36ClN3O2. The summed E-state index contributed by atoms with van der Waals surface area (Å²) < 4.78 is 11.9. The van der Waals surface area contributed by atoms with Gasteiger partial charge in [0.25, 0.3) is 0 Å². The molecule has 0 atom stereocenters. The number of unbranched alkanes of at least 4 members (excludes halogenated alkanes) is 2. The van der Waals surface area contributed by atoms with Gasteiger partial charge in [0.15, 0.2) is 11.5 Å². The minimum Gasteiger partial charge on any atom is -0.490 e. The third-order valence-electron chi connectivity index (χ3n) is 6.37. The molecule has 4 rings (SSSR count). The van der Waals surface area contributed by atoms with Crippen molar-refractivity contribution in [3.8, 4) is 11.5 Å². The fourth-order valence-corrected chi connectivity index (χ4v) is 4.70. The first-order valence-electron chi connectivity index (χ1n) is 12.6. The Morgan fingerprint density at radius 3 is 2.65 bits per heavy atom. The minimum atomic E-state index is 0.454. The highest BCUT2D eigenvalue weighted by atomic mass is 35.5. The maximum atomic E-state index is 6.13. The summed E-state index contributed by atoms with van der Waals surface area (Å²) in [4.78, 5) is 6.98. The number of nitrogens with zero attached hydrogens (tertiary/aromatic N) is 2. The highest BCUT2D eigenvalue weighted by Gasteiger charge is 2.20. The van der Waals surface area contributed by atoms with E-state index in [0.29, 0.717) is 17.7 Å². The monoisotopic (exact) mass is 481 g/mol. The summed E-state index contributed by atoms with van der Waals surface area (Å²) in [6, 6.07) is 14.8. The maximum Gasteiger partial charge on any atom is 0.161 e. The van der Waals surface area contributed by atoms with Gasteiger partial charge in [-0.25, -0.2) is 0 Å². The van der Waals surface area contributed by atoms with E-state index in [1.165, 1.54) is 18.4 Å². The SMILES string of the molecule is CCCCCOc1ccc(CN2CCC(Nc3ccnc4cc(Cl)ccc34)CC2)cc1OCC. The van der Waals surface area contributed by atoms with Crippen LogP contribution in [0.1, 0.15) is 51.5 Å². The summed E-state index contributed by atoms with van der Waals surface area (Å²) in [5.74, 6) is 1.72. The Morgan fingerprint density at radius 2 is 1.85 bits per heavy atom. The number of anilines is 1. The van der Waals surface area contributed by atoms with Crippen LogP contribution in [0.3, 0.4) is 0 Å². The number of halogens is 1. The molecule has 0 spiro atoms. The summed E-state index contributed by atoms with van der Waals surface area (Å²) in [6.07, 6.45) is 7.53. The topological polar surface area (TPSA) is 46.6 Å². The van der Waals surface area contributed by atoms with Gasteiger partial charge < -0.3 is 14.8 Å². The van der Waals surface area contributed by atoms with Crippen LogP contribution >= 0.6 is 11.6 Å². The Hall–Kier alpha value is -2.50. The van der Waals surface area contributed by atoms with Gasteiger partial charge in [-0.1, -0.05) is 37.4 Å². The zero-order chi connectivity index (χ0) is 23.8. The van der Waals surface area contributed by atoms with E-state index in [9.17, 15) is 0 Å². The molecule has 0 amide bonds. The molecule has 1 saturated heterocycles. The van der Waals surface area contributed by atoms with Gasteiger partial charge in [-0.05, 0) is 68.1 Å². The first-order chi connectivity index (χ1) is 16.7. The number of likely N-dealkylation sites (tertiary alicyclic amines) is 1. The first kappa shape index (κ1) is 24.6. The zero-order valence-corrected chi connectivity index (χ0v) is 21.1. The molecule has 1 fully saturated rings. The third kappa shape index (κ3) is 6.55. The predicted octanol–water partition coefficient (Wildman–Crippen LogP) is 6.93. The fraction of sp³-hybridized carbons (Fsp3) is 0.464. The Bertz CT molecular complexity index is 1070. The second-order valence-corrected chi connectivity index (χ2v) is 9.42. The summed E-state index contributed by atoms with van der Waals surface area (Å²) in [7, 11) is 0. The van der Waals surface area contributed by atoms with E-state index in [4.69, 9.17) is 21.1 Å². The third-order valence-corrected chi connectivity index (χ3v) is 6.61. The molecule has 2 heterocycles. The van der Waals surface area contributed by atoms with E-state index in [1.807, 2.05) is 25.3 Å². The summed E-state index contributed by atoms with van der Waals surface area (Å²) in [5, 5.41) is 5.58. The number of nitrogens with one attached hydrogen (secondary N) is 1. The van der Waals surface area contributed by atoms with Gasteiger partial charge in [0.05, 0.1) is 18.7 Å². The van der Waals surface area contributed by atoms with Crippen LogP contribution < -0.4 is 14.8 Å². The van der Waals surface area contributed by atoms with E-state index < -0.39 is 0 Å². The molecule has 1 aliphatic rings. The van der Waals surface area contributed by atoms with Crippen molar-refractivity contribution < 1.29 is 9.47 Å². The number of piperidine rings is 1. The van der Waals surface area contributed by atoms with Crippen molar-refractivity contribution in [1.29, 1.82) is 0 Å². The van der Waals surface area contributed by atoms with E-state index in [1.54, 1.807) is 0 Å². The Balaban J connectivity index is 1.32. The van der Waals surface area contributed by atoms with E-state index in [2.05, 4.69) is 52.5 Å². The maximum absolute atomic E-state index is 6.13. The van der Waals surface area contributed by atoms with Crippen LogP contribution in [-0.2, 0) is 6.54 Å². The Kier molecular flexibility index (Phi) is 8.89. The van der Waals surface area contributed by atoms with Gasteiger partial charge >= 0.3 is 0 Å². The van der Waals surface area contributed by atoms with Crippen molar-refractivity contribution in [3.05, 3.63) is 59.2 Å². The average molecular weight is 482 g/mol. The summed E-state index contributed by atoms with van der Waals surface area (Å²) in [6.45, 7) is 8.66. The van der Waals surface area contributed by atoms with E-state index in [-0.39, 0.29) is 0 Å². The van der Waals surface area contributed by atoms with Crippen molar-refractivity contribution in [2.75, 3.05) is 31.6 Å². The highest BCUT2D eigenvalue weighted by molar-refractivity contribution is 6.31. The van der Waals surface area contributed by atoms with Crippen LogP contribution in [0.5, 0.6) is 11.5 Å². The number of pyridine rings is 1. The van der Waals surface area contributed by atoms with Crippen molar-refractivity contribution in [1.82, 2.24) is 9.88 Å². The minimum absolute atomic E-state index is 0.454. The normalized spacial score (nSPS) is 14.9. The van der Waals surface area contributed by atoms with Crippen LogP contribution in [-0.4, -0.2) is 42.2 Å². The van der Waals surface area contributed by atoms with Crippen LogP contribution in [0, 0.1) is 0 Å². The van der Waals surface area contributed by atoms with Gasteiger partial charge in [0.2, 0.25) is 0 Å². The smallest absolute Gasteiger partial charge is 0.161 e. The highest BCUT2D eigenvalue weighted by Crippen LogP contribution is 2.30. The number of ether oxygens (including phenoxy) is 2. The number of rotatable bonds is 11. The van der Waals surface area contributed by atoms with Crippen molar-refractivity contribution in [3.63, 3.8) is 0 Å². The Morgan fingerprint density at radius 1 is 1.00 bits per heavy atom. The molecule has 0 radical (unpaired) electrons.